The summed E-state index contributed by atoms with van der Waals surface area (Å²) in [6.07, 6.45) is 0.520. The van der Waals surface area contributed by atoms with Crippen molar-refractivity contribution in [3.8, 4) is 6.07 Å². The van der Waals surface area contributed by atoms with Gasteiger partial charge in [-0.3, -0.25) is 14.5 Å². The fourth-order valence-electron chi connectivity index (χ4n) is 3.85. The molecule has 0 heterocycles. The summed E-state index contributed by atoms with van der Waals surface area (Å²) < 4.78 is 5.64. The molecule has 3 rings (SSSR count). The highest BCUT2D eigenvalue weighted by molar-refractivity contribution is 6.55. The Kier molecular flexibility index (Phi) is 6.74. The number of rotatable bonds is 6. The summed E-state index contributed by atoms with van der Waals surface area (Å²) in [5, 5.41) is 9.67. The van der Waals surface area contributed by atoms with E-state index in [2.05, 4.69) is 0 Å². The number of nitrogens with zero attached hydrogens (tertiary/aromatic N) is 2. The molecule has 2 aromatic rings. The van der Waals surface area contributed by atoms with Gasteiger partial charge in [0.2, 0.25) is 12.0 Å². The summed E-state index contributed by atoms with van der Waals surface area (Å²) in [7, 11) is 0. The molecule has 1 saturated carbocycles. The standard InChI is InChI=1S/C24H22Cl2N2O3/c1-15(29)28(17-9-5-4-6-10-17)18-11-7-8-16(12-18)20(14-27)31-23(30)22-19(13-21(25)26)24(22,2)3/h4-13,19-20,22H,1-3H3. The maximum absolute atomic E-state index is 12.8. The monoisotopic (exact) mass is 456 g/mol. The van der Waals surface area contributed by atoms with Gasteiger partial charge in [-0.05, 0) is 41.7 Å². The van der Waals surface area contributed by atoms with Gasteiger partial charge in [-0.25, -0.2) is 0 Å². The first kappa shape index (κ1) is 22.9. The fraction of sp³-hybridized carbons (Fsp3) is 0.292. The summed E-state index contributed by atoms with van der Waals surface area (Å²) >= 11 is 11.5. The summed E-state index contributed by atoms with van der Waals surface area (Å²) in [5.41, 5.74) is 1.41. The number of halogens is 2. The van der Waals surface area contributed by atoms with Crippen LogP contribution in [0.1, 0.15) is 32.4 Å². The van der Waals surface area contributed by atoms with Crippen molar-refractivity contribution in [2.75, 3.05) is 4.90 Å². The number of benzene rings is 2. The topological polar surface area (TPSA) is 70.4 Å². The highest BCUT2D eigenvalue weighted by Gasteiger charge is 2.62. The van der Waals surface area contributed by atoms with Crippen molar-refractivity contribution in [3.05, 3.63) is 70.7 Å². The van der Waals surface area contributed by atoms with Gasteiger partial charge < -0.3 is 4.74 Å². The molecule has 0 saturated heterocycles. The van der Waals surface area contributed by atoms with Crippen LogP contribution in [0.25, 0.3) is 0 Å². The van der Waals surface area contributed by atoms with Crippen LogP contribution in [-0.2, 0) is 14.3 Å². The second-order valence-electron chi connectivity index (χ2n) is 8.01. The Balaban J connectivity index is 1.84. The lowest BCUT2D eigenvalue weighted by molar-refractivity contribution is -0.149. The predicted octanol–water partition coefficient (Wildman–Crippen LogP) is 6.07. The SMILES string of the molecule is CC(=O)N(c1ccccc1)c1cccc(C(C#N)OC(=O)C2C(C=C(Cl)Cl)C2(C)C)c1. The number of anilines is 2. The zero-order valence-corrected chi connectivity index (χ0v) is 18.9. The van der Waals surface area contributed by atoms with Crippen molar-refractivity contribution < 1.29 is 14.3 Å². The number of carbonyl (C=O) groups excluding carboxylic acids is 2. The van der Waals surface area contributed by atoms with Gasteiger partial charge in [-0.15, -0.1) is 0 Å². The van der Waals surface area contributed by atoms with Crippen LogP contribution in [0.5, 0.6) is 0 Å². The van der Waals surface area contributed by atoms with Crippen molar-refractivity contribution in [3.63, 3.8) is 0 Å². The molecule has 5 nitrogen and oxygen atoms in total. The van der Waals surface area contributed by atoms with E-state index in [0.29, 0.717) is 16.9 Å². The maximum Gasteiger partial charge on any atom is 0.311 e. The minimum atomic E-state index is -1.11. The lowest BCUT2D eigenvalue weighted by Gasteiger charge is -2.22. The number of carbonyl (C=O) groups is 2. The third-order valence-electron chi connectivity index (χ3n) is 5.58. The van der Waals surface area contributed by atoms with E-state index in [-0.39, 0.29) is 21.7 Å². The van der Waals surface area contributed by atoms with Gasteiger partial charge in [0.05, 0.1) is 5.92 Å². The van der Waals surface area contributed by atoms with Crippen LogP contribution in [0.4, 0.5) is 11.4 Å². The molecule has 31 heavy (non-hydrogen) atoms. The average molecular weight is 457 g/mol. The summed E-state index contributed by atoms with van der Waals surface area (Å²) in [6.45, 7) is 5.30. The first-order chi connectivity index (χ1) is 14.7. The van der Waals surface area contributed by atoms with E-state index in [0.717, 1.165) is 0 Å². The van der Waals surface area contributed by atoms with Crippen LogP contribution in [0.2, 0.25) is 0 Å². The van der Waals surface area contributed by atoms with Crippen LogP contribution in [0, 0.1) is 28.6 Å². The summed E-state index contributed by atoms with van der Waals surface area (Å²) in [6, 6.07) is 18.1. The molecule has 2 aromatic carbocycles. The van der Waals surface area contributed by atoms with Gasteiger partial charge >= 0.3 is 5.97 Å². The molecule has 1 aliphatic carbocycles. The normalized spacial score (nSPS) is 19.5. The molecule has 1 amide bonds. The van der Waals surface area contributed by atoms with Gasteiger partial charge in [0.15, 0.2) is 0 Å². The number of hydrogen-bond acceptors (Lipinski definition) is 4. The molecule has 0 aliphatic heterocycles. The Morgan fingerprint density at radius 3 is 2.35 bits per heavy atom. The smallest absolute Gasteiger partial charge is 0.311 e. The number of nitriles is 1. The number of esters is 1. The van der Waals surface area contributed by atoms with E-state index < -0.39 is 18.0 Å². The molecule has 1 fully saturated rings. The first-order valence-electron chi connectivity index (χ1n) is 9.75. The highest BCUT2D eigenvalue weighted by atomic mass is 35.5. The predicted molar refractivity (Wildman–Crippen MR) is 121 cm³/mol. The Morgan fingerprint density at radius 1 is 1.13 bits per heavy atom. The number of para-hydroxylation sites is 1. The molecule has 1 aliphatic rings. The Morgan fingerprint density at radius 2 is 1.77 bits per heavy atom. The van der Waals surface area contributed by atoms with Crippen LogP contribution >= 0.6 is 23.2 Å². The van der Waals surface area contributed by atoms with Crippen molar-refractivity contribution in [2.24, 2.45) is 17.3 Å². The first-order valence-corrected chi connectivity index (χ1v) is 10.5. The average Bonchev–Trinajstić information content (AvgIpc) is 3.26. The van der Waals surface area contributed by atoms with Crippen molar-refractivity contribution in [2.45, 2.75) is 26.9 Å². The third kappa shape index (κ3) is 4.92. The second kappa shape index (κ2) is 9.13. The number of ether oxygens (including phenoxy) is 1. The lowest BCUT2D eigenvalue weighted by atomic mass is 10.1. The minimum Gasteiger partial charge on any atom is -0.442 e. The number of hydrogen-bond donors (Lipinski definition) is 0. The Hall–Kier alpha value is -2.81. The summed E-state index contributed by atoms with van der Waals surface area (Å²) in [4.78, 5) is 26.6. The molecule has 0 radical (unpaired) electrons. The van der Waals surface area contributed by atoms with Gasteiger partial charge in [-0.1, -0.05) is 67.4 Å². The van der Waals surface area contributed by atoms with E-state index in [4.69, 9.17) is 27.9 Å². The zero-order valence-electron chi connectivity index (χ0n) is 17.4. The molecular formula is C24H22Cl2N2O3. The van der Waals surface area contributed by atoms with Crippen LogP contribution < -0.4 is 4.90 Å². The number of allylic oxidation sites excluding steroid dienone is 1. The molecule has 7 heteroatoms. The fourth-order valence-corrected chi connectivity index (χ4v) is 4.12. The molecule has 0 bridgehead atoms. The Bertz CT molecular complexity index is 1060. The van der Waals surface area contributed by atoms with Crippen LogP contribution in [0.15, 0.2) is 65.2 Å². The Labute approximate surface area is 191 Å². The van der Waals surface area contributed by atoms with E-state index in [9.17, 15) is 14.9 Å². The van der Waals surface area contributed by atoms with E-state index in [1.165, 1.54) is 11.8 Å². The molecule has 160 valence electrons. The van der Waals surface area contributed by atoms with Crippen molar-refractivity contribution in [1.29, 1.82) is 5.26 Å². The minimum absolute atomic E-state index is 0.100. The quantitative estimate of drug-likeness (QED) is 0.494. The van der Waals surface area contributed by atoms with Crippen LogP contribution in [0.3, 0.4) is 0 Å². The van der Waals surface area contributed by atoms with Crippen LogP contribution in [-0.4, -0.2) is 11.9 Å². The molecule has 3 atom stereocenters. The largest absolute Gasteiger partial charge is 0.442 e. The molecule has 0 spiro atoms. The molecule has 0 aromatic heterocycles. The second-order valence-corrected chi connectivity index (χ2v) is 9.02. The summed E-state index contributed by atoms with van der Waals surface area (Å²) in [5.74, 6) is -1.25. The molecular weight excluding hydrogens is 435 g/mol. The lowest BCUT2D eigenvalue weighted by Crippen LogP contribution is -2.23. The van der Waals surface area contributed by atoms with Crippen molar-refractivity contribution >= 4 is 46.5 Å². The van der Waals surface area contributed by atoms with E-state index in [1.807, 2.05) is 50.2 Å². The van der Waals surface area contributed by atoms with Gasteiger partial charge in [0, 0.05) is 23.9 Å². The highest BCUT2D eigenvalue weighted by Crippen LogP contribution is 2.60. The van der Waals surface area contributed by atoms with E-state index in [1.54, 1.807) is 30.3 Å². The number of amides is 1. The molecule has 0 N–H and O–H groups in total. The zero-order chi connectivity index (χ0) is 22.8. The molecule has 3 unspecified atom stereocenters. The third-order valence-corrected chi connectivity index (χ3v) is 5.83. The van der Waals surface area contributed by atoms with Gasteiger partial charge in [0.25, 0.3) is 0 Å². The van der Waals surface area contributed by atoms with Gasteiger partial charge in [-0.2, -0.15) is 5.26 Å². The van der Waals surface area contributed by atoms with E-state index >= 15 is 0 Å². The van der Waals surface area contributed by atoms with Gasteiger partial charge in [0.1, 0.15) is 10.6 Å². The maximum atomic E-state index is 12.8. The van der Waals surface area contributed by atoms with Crippen molar-refractivity contribution in [1.82, 2.24) is 0 Å².